The topological polar surface area (TPSA) is 56.7 Å². The lowest BCUT2D eigenvalue weighted by atomic mass is 9.99. The summed E-state index contributed by atoms with van der Waals surface area (Å²) in [6.07, 6.45) is 0. The van der Waals surface area contributed by atoms with Gasteiger partial charge in [0.1, 0.15) is 11.2 Å². The number of fused-ring (bicyclic) bond motifs is 13. The molecule has 0 unspecified atom stereocenters. The van der Waals surface area contributed by atoms with E-state index in [1.165, 1.54) is 47.2 Å². The van der Waals surface area contributed by atoms with Gasteiger partial charge in [-0.1, -0.05) is 146 Å². The summed E-state index contributed by atoms with van der Waals surface area (Å²) >= 11 is 1.80. The predicted molar refractivity (Wildman–Crippen MR) is 246 cm³/mol. The molecule has 0 N–H and O–H groups in total. The lowest BCUT2D eigenvalue weighted by molar-refractivity contribution is 0.672. The maximum Gasteiger partial charge on any atom is 0.164 e. The van der Waals surface area contributed by atoms with E-state index in [9.17, 15) is 0 Å². The van der Waals surface area contributed by atoms with Gasteiger partial charge in [0.2, 0.25) is 0 Å². The third-order valence-corrected chi connectivity index (χ3v) is 13.0. The Bertz CT molecular complexity index is 3860. The molecular formula is C53H30N4OS. The average molecular weight is 771 g/mol. The minimum Gasteiger partial charge on any atom is -0.455 e. The molecule has 274 valence electrons. The van der Waals surface area contributed by atoms with Crippen molar-refractivity contribution in [2.75, 3.05) is 0 Å². The fraction of sp³-hybridized carbons (Fsp3) is 0. The molecule has 0 aliphatic heterocycles. The summed E-state index contributed by atoms with van der Waals surface area (Å²) in [5.74, 6) is 1.87. The van der Waals surface area contributed by atoms with Crippen molar-refractivity contribution >= 4 is 96.8 Å². The Balaban J connectivity index is 1.11. The van der Waals surface area contributed by atoms with Gasteiger partial charge >= 0.3 is 0 Å². The van der Waals surface area contributed by atoms with Gasteiger partial charge in [0, 0.05) is 63.8 Å². The minimum absolute atomic E-state index is 0.609. The van der Waals surface area contributed by atoms with E-state index in [1.807, 2.05) is 18.2 Å². The van der Waals surface area contributed by atoms with E-state index < -0.39 is 0 Å². The van der Waals surface area contributed by atoms with E-state index in [4.69, 9.17) is 19.4 Å². The number of hydrogen-bond acceptors (Lipinski definition) is 5. The first-order valence-electron chi connectivity index (χ1n) is 19.8. The third-order valence-electron chi connectivity index (χ3n) is 11.8. The molecular weight excluding hydrogens is 741 g/mol. The van der Waals surface area contributed by atoms with Gasteiger partial charge in [-0.15, -0.1) is 11.3 Å². The zero-order valence-electron chi connectivity index (χ0n) is 31.4. The van der Waals surface area contributed by atoms with Crippen molar-refractivity contribution < 1.29 is 4.42 Å². The molecule has 6 heteroatoms. The second-order valence-electron chi connectivity index (χ2n) is 15.1. The van der Waals surface area contributed by atoms with Crippen LogP contribution in [0.2, 0.25) is 0 Å². The number of benzene rings is 9. The van der Waals surface area contributed by atoms with E-state index in [-0.39, 0.29) is 0 Å². The van der Waals surface area contributed by atoms with Crippen molar-refractivity contribution in [2.24, 2.45) is 0 Å². The van der Waals surface area contributed by atoms with Crippen molar-refractivity contribution in [3.8, 4) is 39.9 Å². The van der Waals surface area contributed by atoms with Crippen LogP contribution in [0.4, 0.5) is 0 Å². The molecule has 13 rings (SSSR count). The van der Waals surface area contributed by atoms with Crippen LogP contribution >= 0.6 is 11.3 Å². The second kappa shape index (κ2) is 12.4. The van der Waals surface area contributed by atoms with Crippen molar-refractivity contribution in [1.29, 1.82) is 0 Å². The second-order valence-corrected chi connectivity index (χ2v) is 16.2. The highest BCUT2D eigenvalue weighted by molar-refractivity contribution is 7.25. The molecule has 4 aromatic heterocycles. The number of nitrogens with zero attached hydrogens (tertiary/aromatic N) is 4. The largest absolute Gasteiger partial charge is 0.455 e. The smallest absolute Gasteiger partial charge is 0.164 e. The zero-order valence-corrected chi connectivity index (χ0v) is 32.2. The molecule has 0 atom stereocenters. The van der Waals surface area contributed by atoms with E-state index in [0.717, 1.165) is 60.6 Å². The van der Waals surface area contributed by atoms with Gasteiger partial charge in [-0.05, 0) is 47.2 Å². The van der Waals surface area contributed by atoms with Crippen LogP contribution in [0.1, 0.15) is 0 Å². The number of rotatable bonds is 4. The van der Waals surface area contributed by atoms with Crippen LogP contribution in [-0.2, 0) is 0 Å². The fourth-order valence-corrected chi connectivity index (χ4v) is 10.3. The van der Waals surface area contributed by atoms with Gasteiger partial charge < -0.3 is 8.98 Å². The molecule has 0 amide bonds. The van der Waals surface area contributed by atoms with Crippen molar-refractivity contribution in [3.05, 3.63) is 182 Å². The SMILES string of the molecule is c1ccc(-c2nc(-c3ccc4c(c3)sc3ccccc34)nc(-c3cc4c(oc5cccc(-n6c7ccccc7c7ccc8ccccc8c76)c54)c4ccccc34)n2)cc1. The quantitative estimate of drug-likeness (QED) is 0.179. The summed E-state index contributed by atoms with van der Waals surface area (Å²) in [6.45, 7) is 0. The van der Waals surface area contributed by atoms with Crippen molar-refractivity contribution in [3.63, 3.8) is 0 Å². The number of aromatic nitrogens is 4. The van der Waals surface area contributed by atoms with Crippen LogP contribution < -0.4 is 0 Å². The van der Waals surface area contributed by atoms with Crippen LogP contribution in [0.5, 0.6) is 0 Å². The standard InChI is InChI=1S/C53H30N4OS/c1-2-14-32(15-3-1)51-54-52(33-26-27-38-37-19-9-11-24-46(37)59-47(38)29-33)56-53(55-51)41-30-42-48-44(22-12-23-45(48)58-50(42)40-20-7-6-17-35(40)41)57-43-21-10-8-18-36(43)39-28-25-31-13-4-5-16-34(31)49(39)57/h1-30H. The molecule has 0 saturated heterocycles. The fourth-order valence-electron chi connectivity index (χ4n) is 9.19. The average Bonchev–Trinajstić information content (AvgIpc) is 3.98. The van der Waals surface area contributed by atoms with E-state index >= 15 is 0 Å². The van der Waals surface area contributed by atoms with E-state index in [0.29, 0.717) is 17.5 Å². The monoisotopic (exact) mass is 770 g/mol. The number of thiophene rings is 1. The van der Waals surface area contributed by atoms with Gasteiger partial charge in [-0.3, -0.25) is 0 Å². The summed E-state index contributed by atoms with van der Waals surface area (Å²) in [7, 11) is 0. The lowest BCUT2D eigenvalue weighted by Crippen LogP contribution is -2.00. The zero-order chi connectivity index (χ0) is 38.6. The minimum atomic E-state index is 0.609. The van der Waals surface area contributed by atoms with E-state index in [2.05, 4.69) is 168 Å². The Morgan fingerprint density at radius 3 is 1.98 bits per heavy atom. The molecule has 0 aliphatic rings. The van der Waals surface area contributed by atoms with Gasteiger partial charge in [0.05, 0.1) is 22.1 Å². The van der Waals surface area contributed by atoms with Crippen LogP contribution in [0, 0.1) is 0 Å². The molecule has 0 fully saturated rings. The summed E-state index contributed by atoms with van der Waals surface area (Å²) in [5.41, 5.74) is 7.84. The molecule has 13 aromatic rings. The Labute approximate surface area is 341 Å². The molecule has 9 aromatic carbocycles. The third kappa shape index (κ3) is 4.81. The molecule has 5 nitrogen and oxygen atoms in total. The highest BCUT2D eigenvalue weighted by atomic mass is 32.1. The number of hydrogen-bond donors (Lipinski definition) is 0. The summed E-state index contributed by atoms with van der Waals surface area (Å²) in [6, 6.07) is 64.3. The molecule has 59 heavy (non-hydrogen) atoms. The first kappa shape index (κ1) is 32.4. The summed E-state index contributed by atoms with van der Waals surface area (Å²) in [4.78, 5) is 15.7. The van der Waals surface area contributed by atoms with Gasteiger partial charge in [-0.2, -0.15) is 0 Å². The Morgan fingerprint density at radius 1 is 0.424 bits per heavy atom. The maximum atomic E-state index is 6.89. The maximum absolute atomic E-state index is 6.89. The number of para-hydroxylation sites is 1. The van der Waals surface area contributed by atoms with Gasteiger partial charge in [0.25, 0.3) is 0 Å². The van der Waals surface area contributed by atoms with Gasteiger partial charge in [-0.25, -0.2) is 15.0 Å². The first-order valence-corrected chi connectivity index (χ1v) is 20.6. The van der Waals surface area contributed by atoms with Crippen molar-refractivity contribution in [1.82, 2.24) is 19.5 Å². The summed E-state index contributed by atoms with van der Waals surface area (Å²) < 4.78 is 11.8. The molecule has 0 bridgehead atoms. The molecule has 0 saturated carbocycles. The van der Waals surface area contributed by atoms with Crippen LogP contribution in [-0.4, -0.2) is 19.5 Å². The Kier molecular flexibility index (Phi) is 6.82. The molecule has 4 heterocycles. The van der Waals surface area contributed by atoms with Crippen LogP contribution in [0.15, 0.2) is 186 Å². The van der Waals surface area contributed by atoms with Gasteiger partial charge in [0.15, 0.2) is 17.5 Å². The highest BCUT2D eigenvalue weighted by Crippen LogP contribution is 2.45. The van der Waals surface area contributed by atoms with Crippen LogP contribution in [0.3, 0.4) is 0 Å². The Hall–Kier alpha value is -7.67. The van der Waals surface area contributed by atoms with E-state index in [1.54, 1.807) is 11.3 Å². The highest BCUT2D eigenvalue weighted by Gasteiger charge is 2.23. The normalized spacial score (nSPS) is 12.1. The molecule has 0 radical (unpaired) electrons. The predicted octanol–water partition coefficient (Wildman–Crippen LogP) is 14.5. The molecule has 0 aliphatic carbocycles. The van der Waals surface area contributed by atoms with Crippen molar-refractivity contribution in [2.45, 2.75) is 0 Å². The molecule has 0 spiro atoms. The Morgan fingerprint density at radius 2 is 1.10 bits per heavy atom. The lowest BCUT2D eigenvalue weighted by Gasteiger charge is -2.12. The number of furan rings is 1. The van der Waals surface area contributed by atoms with Crippen LogP contribution in [0.25, 0.3) is 125 Å². The summed E-state index contributed by atoms with van der Waals surface area (Å²) in [5, 5.41) is 11.4. The first-order chi connectivity index (χ1) is 29.2.